The van der Waals surface area contributed by atoms with Gasteiger partial charge in [0.2, 0.25) is 0 Å². The van der Waals surface area contributed by atoms with Crippen molar-refractivity contribution in [1.29, 1.82) is 0 Å². The Morgan fingerprint density at radius 2 is 1.59 bits per heavy atom. The van der Waals surface area contributed by atoms with Crippen LogP contribution in [0.5, 0.6) is 0 Å². The van der Waals surface area contributed by atoms with Crippen LogP contribution in [-0.2, 0) is 0 Å². The first-order valence-corrected chi connectivity index (χ1v) is 10.1. The van der Waals surface area contributed by atoms with E-state index in [0.29, 0.717) is 24.7 Å². The Kier molecular flexibility index (Phi) is 4.54. The molecular formula is C23H23FN4O. The van der Waals surface area contributed by atoms with Crippen molar-refractivity contribution in [3.63, 3.8) is 0 Å². The second-order valence-electron chi connectivity index (χ2n) is 7.73. The minimum atomic E-state index is -0.233. The maximum atomic E-state index is 13.3. The lowest BCUT2D eigenvalue weighted by molar-refractivity contribution is 0.0737. The molecule has 0 spiro atoms. The number of hydrogen-bond acceptors (Lipinski definition) is 3. The second-order valence-corrected chi connectivity index (χ2v) is 7.73. The summed E-state index contributed by atoms with van der Waals surface area (Å²) in [6.07, 6.45) is 2.30. The van der Waals surface area contributed by atoms with Crippen molar-refractivity contribution >= 4 is 11.6 Å². The standard InChI is InChI=1S/C23H23FN4O/c24-18-8-10-19(11-9-18)26-12-14-27(15-13-26)23(29)22-16-21(17-6-7-17)25-28(22)20-4-2-1-3-5-20/h1-5,8-11,16-17H,6-7,12-15H2. The minimum Gasteiger partial charge on any atom is -0.368 e. The highest BCUT2D eigenvalue weighted by atomic mass is 19.1. The van der Waals surface area contributed by atoms with Gasteiger partial charge in [-0.15, -0.1) is 0 Å². The monoisotopic (exact) mass is 390 g/mol. The molecule has 5 rings (SSSR count). The maximum absolute atomic E-state index is 13.3. The van der Waals surface area contributed by atoms with Crippen LogP contribution in [0.25, 0.3) is 5.69 Å². The van der Waals surface area contributed by atoms with Gasteiger partial charge in [0, 0.05) is 37.8 Å². The van der Waals surface area contributed by atoms with Crippen LogP contribution in [0.1, 0.15) is 34.9 Å². The third-order valence-electron chi connectivity index (χ3n) is 5.70. The van der Waals surface area contributed by atoms with E-state index in [0.717, 1.165) is 43.0 Å². The molecule has 0 atom stereocenters. The number of anilines is 1. The summed E-state index contributed by atoms with van der Waals surface area (Å²) in [6, 6.07) is 18.4. The van der Waals surface area contributed by atoms with Gasteiger partial charge in [0.05, 0.1) is 11.4 Å². The molecule has 1 aliphatic carbocycles. The lowest BCUT2D eigenvalue weighted by Gasteiger charge is -2.36. The zero-order chi connectivity index (χ0) is 19.8. The first-order chi connectivity index (χ1) is 14.2. The summed E-state index contributed by atoms with van der Waals surface area (Å²) in [5.74, 6) is 0.275. The molecule has 1 saturated heterocycles. The molecule has 2 aromatic carbocycles. The number of piperazine rings is 1. The Bertz CT molecular complexity index is 1000. The fourth-order valence-electron chi connectivity index (χ4n) is 3.88. The molecule has 0 N–H and O–H groups in total. The lowest BCUT2D eigenvalue weighted by atomic mass is 10.2. The molecule has 0 radical (unpaired) electrons. The van der Waals surface area contributed by atoms with Crippen molar-refractivity contribution < 1.29 is 9.18 Å². The minimum absolute atomic E-state index is 0.0204. The molecule has 29 heavy (non-hydrogen) atoms. The number of para-hydroxylation sites is 1. The summed E-state index contributed by atoms with van der Waals surface area (Å²) in [6.45, 7) is 2.72. The van der Waals surface area contributed by atoms with Crippen LogP contribution >= 0.6 is 0 Å². The third-order valence-corrected chi connectivity index (χ3v) is 5.70. The first-order valence-electron chi connectivity index (χ1n) is 10.1. The molecule has 2 fully saturated rings. The zero-order valence-corrected chi connectivity index (χ0v) is 16.2. The molecule has 1 aromatic heterocycles. The van der Waals surface area contributed by atoms with Crippen molar-refractivity contribution in [1.82, 2.24) is 14.7 Å². The van der Waals surface area contributed by atoms with E-state index in [1.807, 2.05) is 41.3 Å². The van der Waals surface area contributed by atoms with Crippen LogP contribution in [0.2, 0.25) is 0 Å². The van der Waals surface area contributed by atoms with Crippen molar-refractivity contribution in [2.75, 3.05) is 31.1 Å². The summed E-state index contributed by atoms with van der Waals surface area (Å²) in [4.78, 5) is 17.4. The molecule has 0 bridgehead atoms. The van der Waals surface area contributed by atoms with Gasteiger partial charge in [0.25, 0.3) is 5.91 Å². The number of halogens is 1. The van der Waals surface area contributed by atoms with Gasteiger partial charge < -0.3 is 9.80 Å². The van der Waals surface area contributed by atoms with Gasteiger partial charge in [0.1, 0.15) is 11.5 Å². The van der Waals surface area contributed by atoms with Gasteiger partial charge in [-0.05, 0) is 55.3 Å². The zero-order valence-electron chi connectivity index (χ0n) is 16.2. The summed E-state index contributed by atoms with van der Waals surface area (Å²) in [7, 11) is 0. The number of amides is 1. The number of hydrogen-bond donors (Lipinski definition) is 0. The van der Waals surface area contributed by atoms with Gasteiger partial charge >= 0.3 is 0 Å². The van der Waals surface area contributed by atoms with Gasteiger partial charge in [-0.1, -0.05) is 18.2 Å². The molecule has 5 nitrogen and oxygen atoms in total. The van der Waals surface area contributed by atoms with Crippen LogP contribution in [-0.4, -0.2) is 46.8 Å². The number of rotatable bonds is 4. The number of benzene rings is 2. The highest BCUT2D eigenvalue weighted by Gasteiger charge is 2.31. The fraction of sp³-hybridized carbons (Fsp3) is 0.304. The molecule has 2 heterocycles. The number of aromatic nitrogens is 2. The second kappa shape index (κ2) is 7.35. The topological polar surface area (TPSA) is 41.4 Å². The highest BCUT2D eigenvalue weighted by molar-refractivity contribution is 5.93. The Balaban J connectivity index is 1.35. The molecule has 1 amide bonds. The summed E-state index contributed by atoms with van der Waals surface area (Å²) >= 11 is 0. The van der Waals surface area contributed by atoms with E-state index in [1.54, 1.807) is 16.8 Å². The number of carbonyl (C=O) groups excluding carboxylic acids is 1. The van der Waals surface area contributed by atoms with Gasteiger partial charge in [-0.3, -0.25) is 4.79 Å². The normalized spacial score (nSPS) is 16.9. The van der Waals surface area contributed by atoms with E-state index in [2.05, 4.69) is 4.90 Å². The average molecular weight is 390 g/mol. The quantitative estimate of drug-likeness (QED) is 0.680. The molecule has 148 valence electrons. The van der Waals surface area contributed by atoms with Gasteiger partial charge in [0.15, 0.2) is 0 Å². The van der Waals surface area contributed by atoms with E-state index in [4.69, 9.17) is 5.10 Å². The van der Waals surface area contributed by atoms with E-state index in [9.17, 15) is 9.18 Å². The largest absolute Gasteiger partial charge is 0.368 e. The summed E-state index contributed by atoms with van der Waals surface area (Å²) in [5, 5.41) is 4.75. The third kappa shape index (κ3) is 3.62. The van der Waals surface area contributed by atoms with Crippen LogP contribution in [0.4, 0.5) is 10.1 Å². The van der Waals surface area contributed by atoms with Crippen molar-refractivity contribution in [3.8, 4) is 5.69 Å². The molecule has 0 unspecified atom stereocenters. The average Bonchev–Trinajstić information content (AvgIpc) is 3.53. The van der Waals surface area contributed by atoms with Crippen molar-refractivity contribution in [2.24, 2.45) is 0 Å². The maximum Gasteiger partial charge on any atom is 0.272 e. The van der Waals surface area contributed by atoms with Gasteiger partial charge in [-0.25, -0.2) is 9.07 Å². The van der Waals surface area contributed by atoms with E-state index >= 15 is 0 Å². The predicted molar refractivity (Wildman–Crippen MR) is 110 cm³/mol. The van der Waals surface area contributed by atoms with Crippen molar-refractivity contribution in [3.05, 3.63) is 77.9 Å². The van der Waals surface area contributed by atoms with Crippen LogP contribution in [0.15, 0.2) is 60.7 Å². The molecule has 1 saturated carbocycles. The molecule has 3 aromatic rings. The van der Waals surface area contributed by atoms with E-state index < -0.39 is 0 Å². The lowest BCUT2D eigenvalue weighted by Crippen LogP contribution is -2.49. The Hall–Kier alpha value is -3.15. The first kappa shape index (κ1) is 17.9. The SMILES string of the molecule is O=C(c1cc(C2CC2)nn1-c1ccccc1)N1CCN(c2ccc(F)cc2)CC1. The Morgan fingerprint density at radius 1 is 0.897 bits per heavy atom. The molecule has 1 aliphatic heterocycles. The molecule has 6 heteroatoms. The van der Waals surface area contributed by atoms with E-state index in [-0.39, 0.29) is 11.7 Å². The fourth-order valence-corrected chi connectivity index (χ4v) is 3.88. The summed E-state index contributed by atoms with van der Waals surface area (Å²) < 4.78 is 15.0. The van der Waals surface area contributed by atoms with Crippen LogP contribution in [0, 0.1) is 5.82 Å². The van der Waals surface area contributed by atoms with Crippen LogP contribution in [0.3, 0.4) is 0 Å². The number of nitrogens with zero attached hydrogens (tertiary/aromatic N) is 4. The number of carbonyl (C=O) groups is 1. The smallest absolute Gasteiger partial charge is 0.272 e. The predicted octanol–water partition coefficient (Wildman–Crippen LogP) is 3.85. The summed E-state index contributed by atoms with van der Waals surface area (Å²) in [5.41, 5.74) is 3.55. The van der Waals surface area contributed by atoms with E-state index in [1.165, 1.54) is 12.1 Å². The highest BCUT2D eigenvalue weighted by Crippen LogP contribution is 2.40. The van der Waals surface area contributed by atoms with Crippen LogP contribution < -0.4 is 4.90 Å². The van der Waals surface area contributed by atoms with Gasteiger partial charge in [-0.2, -0.15) is 5.10 Å². The Labute approximate surface area is 169 Å². The molecule has 2 aliphatic rings. The van der Waals surface area contributed by atoms with Crippen molar-refractivity contribution in [2.45, 2.75) is 18.8 Å². The molecular weight excluding hydrogens is 367 g/mol. The Morgan fingerprint density at radius 3 is 2.24 bits per heavy atom.